The van der Waals surface area contributed by atoms with E-state index in [1.807, 2.05) is 24.4 Å². The number of rotatable bonds is 1. The number of para-hydroxylation sites is 1. The highest BCUT2D eigenvalue weighted by Crippen LogP contribution is 2.38. The number of benzene rings is 1. The predicted molar refractivity (Wildman–Crippen MR) is 112 cm³/mol. The van der Waals surface area contributed by atoms with Crippen molar-refractivity contribution >= 4 is 40.4 Å². The molecule has 5 nitrogen and oxygen atoms in total. The smallest absolute Gasteiger partial charge is 0.421 e. The lowest BCUT2D eigenvalue weighted by atomic mass is 9.37. The number of pyridine rings is 3. The number of hydrogen-bond acceptors (Lipinski definition) is 3. The maximum absolute atomic E-state index is 6.28. The summed E-state index contributed by atoms with van der Waals surface area (Å²) in [6.45, 7) is 0.0461. The van der Waals surface area contributed by atoms with Gasteiger partial charge in [-0.2, -0.15) is 0 Å². The van der Waals surface area contributed by atoms with Crippen LogP contribution in [-0.4, -0.2) is 11.7 Å². The first-order chi connectivity index (χ1) is 14.2. The van der Waals surface area contributed by atoms with Crippen LogP contribution in [0.4, 0.5) is 17.1 Å². The molecule has 5 heterocycles. The molecule has 0 N–H and O–H groups in total. The first-order valence-electron chi connectivity index (χ1n) is 9.73. The SMILES string of the molecule is C[n+]1cccc2c1B1c3c(ccnc3O2)N(c2ccccc2)c2ccc[n+](C)c21. The Bertz CT molecular complexity index is 1260. The standard InChI is InChI=1S/C23H19BN4O/c1-26-14-6-10-18-21(26)24-20-17(28(18)16-8-4-3-5-9-16)12-13-25-23(20)29-19-11-7-15-27(2)22(19)24/h3-15H,1-2H3/q+2. The van der Waals surface area contributed by atoms with Gasteiger partial charge in [0.1, 0.15) is 19.8 Å². The molecule has 0 bridgehead atoms. The van der Waals surface area contributed by atoms with Crippen LogP contribution in [0.25, 0.3) is 0 Å². The summed E-state index contributed by atoms with van der Waals surface area (Å²) in [4.78, 5) is 6.91. The lowest BCUT2D eigenvalue weighted by Gasteiger charge is -2.35. The fourth-order valence-corrected chi connectivity index (χ4v) is 4.67. The van der Waals surface area contributed by atoms with Crippen molar-refractivity contribution < 1.29 is 13.9 Å². The molecule has 138 valence electrons. The molecular formula is C23H19BN4O+2. The van der Waals surface area contributed by atoms with Gasteiger partial charge in [0.15, 0.2) is 29.3 Å². The second-order valence-electron chi connectivity index (χ2n) is 7.51. The van der Waals surface area contributed by atoms with Gasteiger partial charge in [0.2, 0.25) is 5.88 Å². The van der Waals surface area contributed by atoms with Crippen molar-refractivity contribution in [3.63, 3.8) is 0 Å². The lowest BCUT2D eigenvalue weighted by molar-refractivity contribution is -0.658. The Morgan fingerprint density at radius 2 is 1.59 bits per heavy atom. The summed E-state index contributed by atoms with van der Waals surface area (Å²) in [6, 6.07) is 20.9. The minimum atomic E-state index is 0.0461. The fraction of sp³-hybridized carbons (Fsp3) is 0.0870. The highest BCUT2D eigenvalue weighted by atomic mass is 16.5. The Morgan fingerprint density at radius 3 is 2.41 bits per heavy atom. The molecule has 0 fully saturated rings. The van der Waals surface area contributed by atoms with Crippen molar-refractivity contribution in [2.45, 2.75) is 0 Å². The Hall–Kier alpha value is -3.67. The minimum absolute atomic E-state index is 0.0461. The van der Waals surface area contributed by atoms with Gasteiger partial charge in [0.05, 0.1) is 0 Å². The molecule has 0 amide bonds. The van der Waals surface area contributed by atoms with Crippen LogP contribution in [0, 0.1) is 0 Å². The van der Waals surface area contributed by atoms with E-state index < -0.39 is 0 Å². The highest BCUT2D eigenvalue weighted by molar-refractivity contribution is 6.97. The van der Waals surface area contributed by atoms with Crippen LogP contribution in [0.3, 0.4) is 0 Å². The number of fused-ring (bicyclic) bond motifs is 4. The maximum atomic E-state index is 6.28. The van der Waals surface area contributed by atoms with E-state index in [1.165, 1.54) is 11.3 Å². The number of anilines is 3. The van der Waals surface area contributed by atoms with Crippen molar-refractivity contribution in [1.29, 1.82) is 0 Å². The molecule has 0 saturated heterocycles. The predicted octanol–water partition coefficient (Wildman–Crippen LogP) is 1.14. The van der Waals surface area contributed by atoms with Gasteiger partial charge in [0, 0.05) is 35.2 Å². The van der Waals surface area contributed by atoms with Gasteiger partial charge < -0.3 is 9.64 Å². The molecule has 6 heteroatoms. The van der Waals surface area contributed by atoms with E-state index >= 15 is 0 Å². The molecule has 2 aliphatic rings. The van der Waals surface area contributed by atoms with Gasteiger partial charge in [-0.15, -0.1) is 0 Å². The first-order valence-corrected chi connectivity index (χ1v) is 9.73. The van der Waals surface area contributed by atoms with Crippen molar-refractivity contribution in [3.8, 4) is 11.6 Å². The zero-order chi connectivity index (χ0) is 19.5. The van der Waals surface area contributed by atoms with E-state index in [1.54, 1.807) is 0 Å². The largest absolute Gasteiger partial charge is 0.434 e. The molecule has 0 spiro atoms. The Morgan fingerprint density at radius 1 is 0.828 bits per heavy atom. The fourth-order valence-electron chi connectivity index (χ4n) is 4.67. The minimum Gasteiger partial charge on any atom is -0.434 e. The average Bonchev–Trinajstić information content (AvgIpc) is 2.74. The van der Waals surface area contributed by atoms with Crippen molar-refractivity contribution in [1.82, 2.24) is 4.98 Å². The van der Waals surface area contributed by atoms with Crippen molar-refractivity contribution in [2.24, 2.45) is 14.1 Å². The first kappa shape index (κ1) is 16.3. The molecule has 0 unspecified atom stereocenters. The summed E-state index contributed by atoms with van der Waals surface area (Å²) >= 11 is 0. The van der Waals surface area contributed by atoms with Crippen LogP contribution in [0.1, 0.15) is 0 Å². The third-order valence-corrected chi connectivity index (χ3v) is 5.86. The normalized spacial score (nSPS) is 13.3. The average molecular weight is 378 g/mol. The van der Waals surface area contributed by atoms with Crippen molar-refractivity contribution in [2.75, 3.05) is 4.90 Å². The van der Waals surface area contributed by atoms with Crippen LogP contribution < -0.4 is 35.4 Å². The zero-order valence-corrected chi connectivity index (χ0v) is 16.3. The van der Waals surface area contributed by atoms with Crippen LogP contribution in [0.15, 0.2) is 79.3 Å². The molecule has 3 aromatic heterocycles. The third kappa shape index (κ3) is 2.20. The topological polar surface area (TPSA) is 33.1 Å². The van der Waals surface area contributed by atoms with Gasteiger partial charge in [-0.05, 0) is 30.3 Å². The van der Waals surface area contributed by atoms with E-state index in [-0.39, 0.29) is 6.71 Å². The summed E-state index contributed by atoms with van der Waals surface area (Å²) < 4.78 is 10.7. The monoisotopic (exact) mass is 378 g/mol. The van der Waals surface area contributed by atoms with E-state index in [4.69, 9.17) is 4.74 Å². The number of hydrogen-bond donors (Lipinski definition) is 0. The molecule has 0 saturated carbocycles. The Balaban J connectivity index is 1.74. The molecular weight excluding hydrogens is 359 g/mol. The van der Waals surface area contributed by atoms with Gasteiger partial charge in [-0.25, -0.2) is 14.1 Å². The molecule has 0 aliphatic carbocycles. The zero-order valence-electron chi connectivity index (χ0n) is 16.3. The summed E-state index contributed by atoms with van der Waals surface area (Å²) in [6.07, 6.45) is 6.03. The van der Waals surface area contributed by atoms with Crippen LogP contribution >= 0.6 is 0 Å². The lowest BCUT2D eigenvalue weighted by Crippen LogP contribution is -2.74. The summed E-state index contributed by atoms with van der Waals surface area (Å²) in [7, 11) is 4.19. The maximum Gasteiger partial charge on any atom is 0.421 e. The molecule has 0 atom stereocenters. The Labute approximate surface area is 169 Å². The summed E-state index contributed by atoms with van der Waals surface area (Å²) in [5.74, 6) is 1.54. The van der Waals surface area contributed by atoms with Gasteiger partial charge in [-0.3, -0.25) is 0 Å². The number of aryl methyl sites for hydroxylation is 2. The molecule has 2 aliphatic heterocycles. The quantitative estimate of drug-likeness (QED) is 0.318. The van der Waals surface area contributed by atoms with Crippen LogP contribution in [0.2, 0.25) is 0 Å². The summed E-state index contributed by atoms with van der Waals surface area (Å²) in [5.41, 5.74) is 6.89. The van der Waals surface area contributed by atoms with Crippen LogP contribution in [0.5, 0.6) is 11.6 Å². The van der Waals surface area contributed by atoms with Gasteiger partial charge in [-0.1, -0.05) is 18.2 Å². The van der Waals surface area contributed by atoms with E-state index in [0.717, 1.165) is 28.2 Å². The number of ether oxygens (including phenoxy) is 1. The molecule has 0 radical (unpaired) electrons. The molecule has 1 aromatic carbocycles. The Kier molecular flexibility index (Phi) is 3.32. The van der Waals surface area contributed by atoms with Crippen molar-refractivity contribution in [3.05, 3.63) is 79.3 Å². The van der Waals surface area contributed by atoms with E-state index in [2.05, 4.69) is 88.0 Å². The van der Waals surface area contributed by atoms with Crippen LogP contribution in [-0.2, 0) is 14.1 Å². The van der Waals surface area contributed by atoms with Gasteiger partial charge >= 0.3 is 6.71 Å². The van der Waals surface area contributed by atoms with E-state index in [9.17, 15) is 0 Å². The summed E-state index contributed by atoms with van der Waals surface area (Å²) in [5, 5.41) is 0. The number of aromatic nitrogens is 3. The molecule has 4 aromatic rings. The second kappa shape index (κ2) is 5.91. The highest BCUT2D eigenvalue weighted by Gasteiger charge is 2.52. The number of nitrogens with zero attached hydrogens (tertiary/aromatic N) is 4. The molecule has 6 rings (SSSR count). The van der Waals surface area contributed by atoms with Gasteiger partial charge in [0.25, 0.3) is 0 Å². The van der Waals surface area contributed by atoms with E-state index in [0.29, 0.717) is 5.88 Å². The second-order valence-corrected chi connectivity index (χ2v) is 7.51. The molecule has 29 heavy (non-hydrogen) atoms. The third-order valence-electron chi connectivity index (χ3n) is 5.86.